The van der Waals surface area contributed by atoms with E-state index in [9.17, 15) is 0 Å². The summed E-state index contributed by atoms with van der Waals surface area (Å²) in [5.41, 5.74) is 0. The Bertz CT molecular complexity index is 245. The summed E-state index contributed by atoms with van der Waals surface area (Å²) in [5.74, 6) is 3.22. The van der Waals surface area contributed by atoms with Crippen molar-refractivity contribution < 1.29 is 0 Å². The summed E-state index contributed by atoms with van der Waals surface area (Å²) >= 11 is 0. The Balaban J connectivity index is 0.00000161. The average Bonchev–Trinajstić information content (AvgIpc) is 2.55. The molecule has 3 fully saturated rings. The predicted octanol–water partition coefficient (Wildman–Crippen LogP) is 4.38. The van der Waals surface area contributed by atoms with Crippen molar-refractivity contribution >= 4 is 37.7 Å². The van der Waals surface area contributed by atoms with Crippen LogP contribution in [0.2, 0.25) is 0 Å². The molecule has 2 saturated carbocycles. The van der Waals surface area contributed by atoms with Crippen molar-refractivity contribution in [3.05, 3.63) is 0 Å². The number of hydrogen-bond donors (Lipinski definition) is 1. The Labute approximate surface area is 162 Å². The van der Waals surface area contributed by atoms with Crippen LogP contribution in [0, 0.1) is 17.8 Å². The van der Waals surface area contributed by atoms with Gasteiger partial charge in [0.2, 0.25) is 0 Å². The first-order valence-electron chi connectivity index (χ1n) is 9.67. The number of hydrogen-bond acceptors (Lipinski definition) is 1. The Morgan fingerprint density at radius 3 is 1.67 bits per heavy atom. The summed E-state index contributed by atoms with van der Waals surface area (Å²) in [6.45, 7) is 1.28. The molecule has 1 nitrogen and oxygen atoms in total. The van der Waals surface area contributed by atoms with E-state index in [1.54, 1.807) is 25.7 Å². The van der Waals surface area contributed by atoms with E-state index in [0.717, 1.165) is 23.8 Å². The molecule has 3 aliphatic rings. The molecule has 1 N–H and O–H groups in total. The van der Waals surface area contributed by atoms with E-state index in [-0.39, 0.29) is 37.7 Å². The van der Waals surface area contributed by atoms with Crippen molar-refractivity contribution in [3.8, 4) is 0 Å². The summed E-state index contributed by atoms with van der Waals surface area (Å²) in [7, 11) is 0. The SMILES string of the molecule is C1CCC(C(CC2CCCCN2)C2CCCCC2)CC1.[CaH2]. The van der Waals surface area contributed by atoms with Crippen molar-refractivity contribution in [1.82, 2.24) is 5.32 Å². The van der Waals surface area contributed by atoms with E-state index in [0.29, 0.717) is 0 Å². The summed E-state index contributed by atoms with van der Waals surface area (Å²) in [6.07, 6.45) is 21.1. The Morgan fingerprint density at radius 1 is 0.667 bits per heavy atom. The minimum absolute atomic E-state index is 0. The second-order valence-electron chi connectivity index (χ2n) is 7.84. The van der Waals surface area contributed by atoms with Gasteiger partial charge in [0.1, 0.15) is 0 Å². The molecule has 120 valence electrons. The maximum atomic E-state index is 3.83. The molecular weight excluding hydrogens is 282 g/mol. The monoisotopic (exact) mass is 319 g/mol. The standard InChI is InChI=1S/C19H35N.Ca.2H/c1-3-9-16(10-4-1)19(17-11-5-2-6-12-17)15-18-13-7-8-14-20-18;;;/h16-20H,1-15H2;;;. The first-order valence-corrected chi connectivity index (χ1v) is 9.67. The summed E-state index contributed by atoms with van der Waals surface area (Å²) in [4.78, 5) is 0. The van der Waals surface area contributed by atoms with E-state index < -0.39 is 0 Å². The third kappa shape index (κ3) is 5.66. The van der Waals surface area contributed by atoms with Gasteiger partial charge in [0, 0.05) is 6.04 Å². The fourth-order valence-electron chi connectivity index (χ4n) is 5.35. The molecular formula is C19H37CaN. The van der Waals surface area contributed by atoms with Crippen molar-refractivity contribution in [2.45, 2.75) is 95.9 Å². The molecule has 1 heterocycles. The molecule has 3 rings (SSSR count). The first kappa shape index (κ1) is 18.6. The molecule has 0 amide bonds. The molecule has 0 aromatic rings. The number of nitrogens with one attached hydrogen (secondary N) is 1. The molecule has 2 aliphatic carbocycles. The molecule has 1 aliphatic heterocycles. The van der Waals surface area contributed by atoms with Crippen LogP contribution in [0.15, 0.2) is 0 Å². The minimum atomic E-state index is 0. The van der Waals surface area contributed by atoms with Crippen molar-refractivity contribution in [1.29, 1.82) is 0 Å². The summed E-state index contributed by atoms with van der Waals surface area (Å²) in [6, 6.07) is 0.859. The van der Waals surface area contributed by atoms with Crippen LogP contribution in [0.25, 0.3) is 0 Å². The fourth-order valence-corrected chi connectivity index (χ4v) is 5.35. The first-order chi connectivity index (χ1) is 9.93. The molecule has 0 bridgehead atoms. The third-order valence-corrected chi connectivity index (χ3v) is 6.48. The molecule has 0 aromatic heterocycles. The van der Waals surface area contributed by atoms with E-state index in [2.05, 4.69) is 5.32 Å². The van der Waals surface area contributed by atoms with Crippen molar-refractivity contribution in [2.24, 2.45) is 17.8 Å². The number of piperidine rings is 1. The quantitative estimate of drug-likeness (QED) is 0.758. The second-order valence-corrected chi connectivity index (χ2v) is 7.84. The Kier molecular flexibility index (Phi) is 8.98. The second kappa shape index (κ2) is 10.2. The van der Waals surface area contributed by atoms with Crippen LogP contribution in [0.5, 0.6) is 0 Å². The van der Waals surface area contributed by atoms with Gasteiger partial charge in [-0.2, -0.15) is 0 Å². The van der Waals surface area contributed by atoms with Gasteiger partial charge in [-0.3, -0.25) is 0 Å². The molecule has 21 heavy (non-hydrogen) atoms. The normalized spacial score (nSPS) is 29.3. The van der Waals surface area contributed by atoms with Crippen LogP contribution >= 0.6 is 0 Å². The molecule has 0 aromatic carbocycles. The Morgan fingerprint density at radius 2 is 1.19 bits per heavy atom. The van der Waals surface area contributed by atoms with E-state index in [1.807, 2.05) is 0 Å². The molecule has 1 saturated heterocycles. The van der Waals surface area contributed by atoms with E-state index >= 15 is 0 Å². The van der Waals surface area contributed by atoms with E-state index in [1.165, 1.54) is 70.8 Å². The van der Waals surface area contributed by atoms with Gasteiger partial charge >= 0.3 is 37.7 Å². The van der Waals surface area contributed by atoms with Gasteiger partial charge in [0.05, 0.1) is 0 Å². The predicted molar refractivity (Wildman–Crippen MR) is 95.4 cm³/mol. The molecule has 1 unspecified atom stereocenters. The summed E-state index contributed by atoms with van der Waals surface area (Å²) in [5, 5.41) is 3.83. The van der Waals surface area contributed by atoms with Gasteiger partial charge in [-0.05, 0) is 43.6 Å². The van der Waals surface area contributed by atoms with Crippen LogP contribution in [-0.4, -0.2) is 50.3 Å². The van der Waals surface area contributed by atoms with Gasteiger partial charge in [-0.1, -0.05) is 70.6 Å². The average molecular weight is 320 g/mol. The van der Waals surface area contributed by atoms with Crippen LogP contribution < -0.4 is 5.32 Å². The molecule has 1 atom stereocenters. The maximum absolute atomic E-state index is 3.83. The van der Waals surface area contributed by atoms with Gasteiger partial charge in [-0.15, -0.1) is 0 Å². The third-order valence-electron chi connectivity index (χ3n) is 6.48. The molecule has 2 heteroatoms. The number of rotatable bonds is 4. The van der Waals surface area contributed by atoms with Crippen molar-refractivity contribution in [3.63, 3.8) is 0 Å². The zero-order valence-electron chi connectivity index (χ0n) is 13.4. The van der Waals surface area contributed by atoms with Crippen LogP contribution in [0.1, 0.15) is 89.9 Å². The fraction of sp³-hybridized carbons (Fsp3) is 1.00. The topological polar surface area (TPSA) is 12.0 Å². The zero-order valence-corrected chi connectivity index (χ0v) is 13.4. The zero-order chi connectivity index (χ0) is 13.6. The van der Waals surface area contributed by atoms with Crippen LogP contribution in [0.4, 0.5) is 0 Å². The van der Waals surface area contributed by atoms with Gasteiger partial charge < -0.3 is 5.32 Å². The Hall–Kier alpha value is 1.22. The molecule has 0 radical (unpaired) electrons. The van der Waals surface area contributed by atoms with Gasteiger partial charge in [-0.25, -0.2) is 0 Å². The van der Waals surface area contributed by atoms with Crippen LogP contribution in [-0.2, 0) is 0 Å². The van der Waals surface area contributed by atoms with Gasteiger partial charge in [0.25, 0.3) is 0 Å². The van der Waals surface area contributed by atoms with Crippen molar-refractivity contribution in [2.75, 3.05) is 6.54 Å². The van der Waals surface area contributed by atoms with Gasteiger partial charge in [0.15, 0.2) is 0 Å². The van der Waals surface area contributed by atoms with E-state index in [4.69, 9.17) is 0 Å². The van der Waals surface area contributed by atoms with Crippen LogP contribution in [0.3, 0.4) is 0 Å². The summed E-state index contributed by atoms with van der Waals surface area (Å²) < 4.78 is 0. The molecule has 0 spiro atoms.